The molecule has 0 unspecified atom stereocenters. The third-order valence-electron chi connectivity index (χ3n) is 2.20. The Bertz CT molecular complexity index is 479. The molecule has 2 aromatic heterocycles. The van der Waals surface area contributed by atoms with Gasteiger partial charge in [0.05, 0.1) is 5.69 Å². The highest BCUT2D eigenvalue weighted by Crippen LogP contribution is 2.08. The van der Waals surface area contributed by atoms with Crippen LogP contribution in [0.15, 0.2) is 6.33 Å². The molecular formula is C9H12N6OS. The number of aryl methyl sites for hydroxylation is 2. The maximum atomic E-state index is 11.7. The summed E-state index contributed by atoms with van der Waals surface area (Å²) in [5, 5.41) is 13.1. The molecule has 0 saturated carbocycles. The number of H-pyrrole nitrogens is 1. The largest absolute Gasteiger partial charge is 0.351 e. The lowest BCUT2D eigenvalue weighted by molar-refractivity contribution is 0.0956. The van der Waals surface area contributed by atoms with Crippen molar-refractivity contribution in [3.8, 4) is 0 Å². The van der Waals surface area contributed by atoms with E-state index in [1.165, 1.54) is 6.33 Å². The van der Waals surface area contributed by atoms with Crippen LogP contribution in [0.2, 0.25) is 0 Å². The van der Waals surface area contributed by atoms with Gasteiger partial charge in [0.15, 0.2) is 0 Å². The number of rotatable bonds is 5. The van der Waals surface area contributed by atoms with Gasteiger partial charge >= 0.3 is 0 Å². The van der Waals surface area contributed by atoms with E-state index in [2.05, 4.69) is 30.1 Å². The first-order valence-electron chi connectivity index (χ1n) is 5.19. The van der Waals surface area contributed by atoms with Crippen LogP contribution in [0.1, 0.15) is 27.6 Å². The van der Waals surface area contributed by atoms with Crippen molar-refractivity contribution >= 4 is 17.4 Å². The van der Waals surface area contributed by atoms with Gasteiger partial charge in [-0.05, 0) is 24.9 Å². The van der Waals surface area contributed by atoms with Crippen molar-refractivity contribution in [1.82, 2.24) is 30.1 Å². The molecular weight excluding hydrogens is 240 g/mol. The van der Waals surface area contributed by atoms with Crippen molar-refractivity contribution in [1.29, 1.82) is 0 Å². The highest BCUT2D eigenvalue weighted by molar-refractivity contribution is 7.07. The van der Waals surface area contributed by atoms with E-state index < -0.39 is 0 Å². The van der Waals surface area contributed by atoms with E-state index >= 15 is 0 Å². The molecule has 0 saturated heterocycles. The average molecular weight is 252 g/mol. The summed E-state index contributed by atoms with van der Waals surface area (Å²) in [6.45, 7) is 2.36. The Labute approximate surface area is 102 Å². The Balaban J connectivity index is 1.72. The first kappa shape index (κ1) is 11.6. The van der Waals surface area contributed by atoms with Crippen LogP contribution in [0.4, 0.5) is 0 Å². The van der Waals surface area contributed by atoms with Crippen molar-refractivity contribution in [2.75, 3.05) is 6.54 Å². The summed E-state index contributed by atoms with van der Waals surface area (Å²) in [7, 11) is 0. The number of nitrogens with zero attached hydrogens (tertiary/aromatic N) is 4. The van der Waals surface area contributed by atoms with Gasteiger partial charge in [-0.3, -0.25) is 9.89 Å². The summed E-state index contributed by atoms with van der Waals surface area (Å²) in [4.78, 5) is 16.2. The van der Waals surface area contributed by atoms with E-state index in [1.54, 1.807) is 6.92 Å². The van der Waals surface area contributed by atoms with Crippen molar-refractivity contribution in [2.45, 2.75) is 19.8 Å². The van der Waals surface area contributed by atoms with Crippen molar-refractivity contribution in [3.63, 3.8) is 0 Å². The standard InChI is InChI=1S/C9H12N6OS/c1-6-8(17-15-13-6)9(16)10-4-2-3-7-11-5-12-14-7/h5H,2-4H2,1H3,(H,10,16)(H,11,12,14). The number of aromatic amines is 1. The zero-order valence-corrected chi connectivity index (χ0v) is 10.1. The Morgan fingerprint density at radius 3 is 3.12 bits per heavy atom. The predicted octanol–water partition coefficient (Wildman–Crippen LogP) is 0.327. The van der Waals surface area contributed by atoms with Crippen LogP contribution in [-0.4, -0.2) is 37.2 Å². The van der Waals surface area contributed by atoms with E-state index in [9.17, 15) is 4.79 Å². The molecule has 8 heteroatoms. The number of nitrogens with one attached hydrogen (secondary N) is 2. The first-order chi connectivity index (χ1) is 8.27. The first-order valence-corrected chi connectivity index (χ1v) is 5.96. The van der Waals surface area contributed by atoms with Gasteiger partial charge in [-0.25, -0.2) is 4.98 Å². The maximum absolute atomic E-state index is 11.7. The third-order valence-corrected chi connectivity index (χ3v) is 3.03. The van der Waals surface area contributed by atoms with Gasteiger partial charge in [0.1, 0.15) is 17.0 Å². The second kappa shape index (κ2) is 5.48. The number of aromatic nitrogens is 5. The molecule has 0 aliphatic carbocycles. The molecule has 2 aromatic rings. The van der Waals surface area contributed by atoms with E-state index in [1.807, 2.05) is 0 Å². The topological polar surface area (TPSA) is 96.5 Å². The molecule has 1 amide bonds. The SMILES string of the molecule is Cc1nnsc1C(=O)NCCCc1ncn[nH]1. The Hall–Kier alpha value is -1.83. The average Bonchev–Trinajstić information content (AvgIpc) is 2.95. The van der Waals surface area contributed by atoms with Crippen LogP contribution in [0.5, 0.6) is 0 Å². The number of hydrogen-bond acceptors (Lipinski definition) is 6. The molecule has 0 aliphatic heterocycles. The third kappa shape index (κ3) is 3.06. The van der Waals surface area contributed by atoms with Crippen molar-refractivity contribution in [2.24, 2.45) is 0 Å². The zero-order valence-electron chi connectivity index (χ0n) is 9.30. The summed E-state index contributed by atoms with van der Waals surface area (Å²) >= 11 is 1.11. The minimum absolute atomic E-state index is 0.116. The van der Waals surface area contributed by atoms with Crippen LogP contribution in [0.25, 0.3) is 0 Å². The van der Waals surface area contributed by atoms with Crippen LogP contribution >= 0.6 is 11.5 Å². The Morgan fingerprint density at radius 1 is 1.59 bits per heavy atom. The van der Waals surface area contributed by atoms with Crippen LogP contribution in [0, 0.1) is 6.92 Å². The van der Waals surface area contributed by atoms with Crippen molar-refractivity contribution < 1.29 is 4.79 Å². The molecule has 0 fully saturated rings. The fraction of sp³-hybridized carbons (Fsp3) is 0.444. The summed E-state index contributed by atoms with van der Waals surface area (Å²) in [5.41, 5.74) is 0.669. The lowest BCUT2D eigenvalue weighted by Gasteiger charge is -2.02. The number of carbonyl (C=O) groups is 1. The summed E-state index contributed by atoms with van der Waals surface area (Å²) < 4.78 is 3.72. The number of carbonyl (C=O) groups excluding carboxylic acids is 1. The van der Waals surface area contributed by atoms with Gasteiger partial charge in [0.2, 0.25) is 0 Å². The fourth-order valence-corrected chi connectivity index (χ4v) is 1.90. The molecule has 7 nitrogen and oxygen atoms in total. The monoisotopic (exact) mass is 252 g/mol. The number of amides is 1. The van der Waals surface area contributed by atoms with Gasteiger partial charge in [0, 0.05) is 13.0 Å². The van der Waals surface area contributed by atoms with Gasteiger partial charge in [0.25, 0.3) is 5.91 Å². The van der Waals surface area contributed by atoms with E-state index in [0.717, 1.165) is 30.2 Å². The minimum Gasteiger partial charge on any atom is -0.351 e. The quantitative estimate of drug-likeness (QED) is 0.747. The molecule has 0 aliphatic rings. The maximum Gasteiger partial charge on any atom is 0.264 e. The molecule has 2 rings (SSSR count). The van der Waals surface area contributed by atoms with Gasteiger partial charge in [-0.2, -0.15) is 5.10 Å². The molecule has 2 N–H and O–H groups in total. The second-order valence-electron chi connectivity index (χ2n) is 3.48. The zero-order chi connectivity index (χ0) is 12.1. The Morgan fingerprint density at radius 2 is 2.47 bits per heavy atom. The highest BCUT2D eigenvalue weighted by atomic mass is 32.1. The van der Waals surface area contributed by atoms with Crippen molar-refractivity contribution in [3.05, 3.63) is 22.7 Å². The van der Waals surface area contributed by atoms with E-state index in [4.69, 9.17) is 0 Å². The lowest BCUT2D eigenvalue weighted by Crippen LogP contribution is -2.24. The van der Waals surface area contributed by atoms with E-state index in [0.29, 0.717) is 17.1 Å². The number of hydrogen-bond donors (Lipinski definition) is 2. The van der Waals surface area contributed by atoms with Crippen LogP contribution in [0.3, 0.4) is 0 Å². The summed E-state index contributed by atoms with van der Waals surface area (Å²) in [6, 6.07) is 0. The van der Waals surface area contributed by atoms with Gasteiger partial charge in [-0.15, -0.1) is 5.10 Å². The molecule has 90 valence electrons. The lowest BCUT2D eigenvalue weighted by atomic mass is 10.3. The van der Waals surface area contributed by atoms with Gasteiger partial charge < -0.3 is 5.32 Å². The molecule has 0 atom stereocenters. The molecule has 0 aromatic carbocycles. The fourth-order valence-electron chi connectivity index (χ4n) is 1.33. The molecule has 0 spiro atoms. The normalized spacial score (nSPS) is 10.4. The smallest absolute Gasteiger partial charge is 0.264 e. The minimum atomic E-state index is -0.116. The van der Waals surface area contributed by atoms with Gasteiger partial charge in [-0.1, -0.05) is 4.49 Å². The summed E-state index contributed by atoms with van der Waals surface area (Å²) in [5.74, 6) is 0.713. The van der Waals surface area contributed by atoms with Crippen LogP contribution in [-0.2, 0) is 6.42 Å². The molecule has 2 heterocycles. The van der Waals surface area contributed by atoms with Crippen LogP contribution < -0.4 is 5.32 Å². The molecule has 0 radical (unpaired) electrons. The van der Waals surface area contributed by atoms with E-state index in [-0.39, 0.29) is 5.91 Å². The Kier molecular flexibility index (Phi) is 3.76. The highest BCUT2D eigenvalue weighted by Gasteiger charge is 2.11. The summed E-state index contributed by atoms with van der Waals surface area (Å²) in [6.07, 6.45) is 3.05. The predicted molar refractivity (Wildman–Crippen MR) is 61.7 cm³/mol. The molecule has 17 heavy (non-hydrogen) atoms. The molecule has 0 bridgehead atoms. The second-order valence-corrected chi connectivity index (χ2v) is 4.23.